The van der Waals surface area contributed by atoms with Gasteiger partial charge in [0.05, 0.1) is 0 Å². The van der Waals surface area contributed by atoms with Crippen LogP contribution in [0.2, 0.25) is 0 Å². The minimum absolute atomic E-state index is 0.0480. The number of hydrogen-bond acceptors (Lipinski definition) is 6. The van der Waals surface area contributed by atoms with Gasteiger partial charge in [-0.15, -0.1) is 10.2 Å². The molecule has 1 amide bonds. The lowest BCUT2D eigenvalue weighted by molar-refractivity contribution is -0.114. The fraction of sp³-hybridized carbons (Fsp3) is 0.200. The van der Waals surface area contributed by atoms with Gasteiger partial charge >= 0.3 is 0 Å². The first kappa shape index (κ1) is 9.14. The molecular weight excluding hydrogens is 198 g/mol. The maximum atomic E-state index is 10.9. The maximum absolute atomic E-state index is 10.9. The lowest BCUT2D eigenvalue weighted by Crippen LogP contribution is -2.22. The molecule has 0 atom stereocenters. The highest BCUT2D eigenvalue weighted by atomic mass is 32.2. The zero-order valence-electron chi connectivity index (χ0n) is 6.10. The molecule has 1 aromatic rings. The predicted octanol–water partition coefficient (Wildman–Crippen LogP) is -0.0720. The van der Waals surface area contributed by atoms with Crippen molar-refractivity contribution in [3.05, 3.63) is 5.01 Å². The Bertz CT molecular complexity index is 322. The van der Waals surface area contributed by atoms with E-state index in [1.54, 1.807) is 6.26 Å². The van der Waals surface area contributed by atoms with Crippen molar-refractivity contribution >= 4 is 34.8 Å². The normalized spacial score (nSPS) is 9.75. The number of nitrogens with zero attached hydrogens (tertiary/aromatic N) is 2. The van der Waals surface area contributed by atoms with Crippen molar-refractivity contribution < 1.29 is 9.59 Å². The number of nitrogens with two attached hydrogens (primary N) is 1. The summed E-state index contributed by atoms with van der Waals surface area (Å²) in [5, 5.41) is 7.19. The topological polar surface area (TPSA) is 85.9 Å². The highest BCUT2D eigenvalue weighted by Gasteiger charge is 2.17. The van der Waals surface area contributed by atoms with Crippen molar-refractivity contribution in [3.8, 4) is 0 Å². The van der Waals surface area contributed by atoms with Crippen LogP contribution in [0.5, 0.6) is 0 Å². The summed E-state index contributed by atoms with van der Waals surface area (Å²) in [5.41, 5.74) is 4.76. The molecule has 0 aliphatic carbocycles. The molecule has 1 aromatic heterocycles. The Hall–Kier alpha value is -0.950. The van der Waals surface area contributed by atoms with Gasteiger partial charge in [-0.1, -0.05) is 23.1 Å². The third kappa shape index (κ3) is 1.80. The van der Waals surface area contributed by atoms with E-state index in [0.717, 1.165) is 11.3 Å². The number of carbonyl (C=O) groups is 2. The molecule has 0 fully saturated rings. The number of amides is 1. The van der Waals surface area contributed by atoms with E-state index in [2.05, 4.69) is 10.2 Å². The molecular formula is C5H5N3O2S2. The molecule has 7 heteroatoms. The van der Waals surface area contributed by atoms with Crippen LogP contribution in [-0.4, -0.2) is 28.1 Å². The van der Waals surface area contributed by atoms with Crippen LogP contribution in [-0.2, 0) is 4.79 Å². The molecule has 5 nitrogen and oxygen atoms in total. The van der Waals surface area contributed by atoms with Gasteiger partial charge < -0.3 is 5.73 Å². The van der Waals surface area contributed by atoms with Crippen molar-refractivity contribution in [2.75, 3.05) is 6.26 Å². The van der Waals surface area contributed by atoms with E-state index in [-0.39, 0.29) is 5.01 Å². The minimum Gasteiger partial charge on any atom is -0.363 e. The van der Waals surface area contributed by atoms with Crippen molar-refractivity contribution in [1.29, 1.82) is 0 Å². The van der Waals surface area contributed by atoms with E-state index in [9.17, 15) is 9.59 Å². The second-order valence-electron chi connectivity index (χ2n) is 1.77. The molecule has 1 rings (SSSR count). The second-order valence-corrected chi connectivity index (χ2v) is 3.80. The summed E-state index contributed by atoms with van der Waals surface area (Å²) in [6.07, 6.45) is 1.80. The molecule has 0 aliphatic rings. The third-order valence-electron chi connectivity index (χ3n) is 0.999. The summed E-state index contributed by atoms with van der Waals surface area (Å²) in [4.78, 5) is 21.3. The number of carbonyl (C=O) groups excluding carboxylic acids is 2. The highest BCUT2D eigenvalue weighted by molar-refractivity contribution is 8.00. The zero-order chi connectivity index (χ0) is 9.14. The predicted molar refractivity (Wildman–Crippen MR) is 45.2 cm³/mol. The van der Waals surface area contributed by atoms with Gasteiger partial charge in [0.1, 0.15) is 0 Å². The SMILES string of the molecule is CSc1nnc(C(=O)C(N)=O)s1. The van der Waals surface area contributed by atoms with Crippen LogP contribution < -0.4 is 5.73 Å². The van der Waals surface area contributed by atoms with Crippen molar-refractivity contribution in [3.63, 3.8) is 0 Å². The average molecular weight is 203 g/mol. The smallest absolute Gasteiger partial charge is 0.292 e. The number of aromatic nitrogens is 2. The van der Waals surface area contributed by atoms with Crippen LogP contribution in [0.15, 0.2) is 4.34 Å². The van der Waals surface area contributed by atoms with Crippen LogP contribution in [0.25, 0.3) is 0 Å². The summed E-state index contributed by atoms with van der Waals surface area (Å²) >= 11 is 2.42. The lowest BCUT2D eigenvalue weighted by atomic mass is 10.4. The van der Waals surface area contributed by atoms with E-state index >= 15 is 0 Å². The summed E-state index contributed by atoms with van der Waals surface area (Å²) in [6.45, 7) is 0. The molecule has 1 heterocycles. The van der Waals surface area contributed by atoms with E-state index in [1.165, 1.54) is 11.8 Å². The van der Waals surface area contributed by atoms with Gasteiger partial charge in [-0.05, 0) is 6.26 Å². The first-order chi connectivity index (χ1) is 5.65. The molecule has 0 unspecified atom stereocenters. The van der Waals surface area contributed by atoms with Gasteiger partial charge in [0.2, 0.25) is 0 Å². The third-order valence-corrected chi connectivity index (χ3v) is 2.90. The molecule has 0 aliphatic heterocycles. The number of hydrogen-bond donors (Lipinski definition) is 1. The number of thioether (sulfide) groups is 1. The van der Waals surface area contributed by atoms with Crippen LogP contribution in [0.4, 0.5) is 0 Å². The number of rotatable bonds is 3. The van der Waals surface area contributed by atoms with E-state index in [0.29, 0.717) is 4.34 Å². The lowest BCUT2D eigenvalue weighted by Gasteiger charge is -1.84. The van der Waals surface area contributed by atoms with E-state index in [1.807, 2.05) is 0 Å². The van der Waals surface area contributed by atoms with E-state index in [4.69, 9.17) is 5.73 Å². The van der Waals surface area contributed by atoms with Gasteiger partial charge in [-0.3, -0.25) is 9.59 Å². The molecule has 0 radical (unpaired) electrons. The molecule has 0 aromatic carbocycles. The standard InChI is InChI=1S/C5H5N3O2S2/c1-11-5-8-7-4(12-5)2(9)3(6)10/h1H3,(H2,6,10). The number of ketones is 1. The first-order valence-corrected chi connectivity index (χ1v) is 4.91. The van der Waals surface area contributed by atoms with Crippen molar-refractivity contribution in [1.82, 2.24) is 10.2 Å². The van der Waals surface area contributed by atoms with Gasteiger partial charge in [-0.2, -0.15) is 0 Å². The van der Waals surface area contributed by atoms with Crippen molar-refractivity contribution in [2.24, 2.45) is 5.73 Å². The Balaban J connectivity index is 2.89. The second kappa shape index (κ2) is 3.63. The molecule has 64 valence electrons. The minimum atomic E-state index is -1.00. The maximum Gasteiger partial charge on any atom is 0.292 e. The summed E-state index contributed by atoms with van der Waals surface area (Å²) in [7, 11) is 0. The largest absolute Gasteiger partial charge is 0.363 e. The highest BCUT2D eigenvalue weighted by Crippen LogP contribution is 2.19. The molecule has 0 saturated heterocycles. The molecule has 0 spiro atoms. The average Bonchev–Trinajstić information content (AvgIpc) is 2.50. The van der Waals surface area contributed by atoms with Crippen LogP contribution in [0, 0.1) is 0 Å². The Labute approximate surface area is 76.4 Å². The Morgan fingerprint density at radius 3 is 2.58 bits per heavy atom. The van der Waals surface area contributed by atoms with Crippen molar-refractivity contribution in [2.45, 2.75) is 4.34 Å². The Morgan fingerprint density at radius 2 is 2.17 bits per heavy atom. The molecule has 0 saturated carbocycles. The zero-order valence-corrected chi connectivity index (χ0v) is 7.74. The number of Topliss-reactive ketones (excluding diaryl/α,β-unsaturated/α-hetero) is 1. The Kier molecular flexibility index (Phi) is 2.77. The fourth-order valence-corrected chi connectivity index (χ4v) is 1.70. The van der Waals surface area contributed by atoms with Crippen LogP contribution in [0.1, 0.15) is 9.80 Å². The summed E-state index contributed by atoms with van der Waals surface area (Å²) < 4.78 is 0.639. The number of primary amides is 1. The van der Waals surface area contributed by atoms with Crippen LogP contribution >= 0.6 is 23.1 Å². The summed E-state index contributed by atoms with van der Waals surface area (Å²) in [5.74, 6) is -1.79. The van der Waals surface area contributed by atoms with E-state index < -0.39 is 11.7 Å². The first-order valence-electron chi connectivity index (χ1n) is 2.86. The van der Waals surface area contributed by atoms with Gasteiger partial charge in [0, 0.05) is 0 Å². The Morgan fingerprint density at radius 1 is 1.50 bits per heavy atom. The van der Waals surface area contributed by atoms with Crippen LogP contribution in [0.3, 0.4) is 0 Å². The monoisotopic (exact) mass is 203 g/mol. The quantitative estimate of drug-likeness (QED) is 0.422. The molecule has 12 heavy (non-hydrogen) atoms. The molecule has 2 N–H and O–H groups in total. The fourth-order valence-electron chi connectivity index (χ4n) is 0.489. The van der Waals surface area contributed by atoms with Gasteiger partial charge in [-0.25, -0.2) is 0 Å². The van der Waals surface area contributed by atoms with Gasteiger partial charge in [0.25, 0.3) is 11.7 Å². The van der Waals surface area contributed by atoms with Gasteiger partial charge in [0.15, 0.2) is 9.35 Å². The summed E-state index contributed by atoms with van der Waals surface area (Å²) in [6, 6.07) is 0. The molecule has 0 bridgehead atoms.